The van der Waals surface area contributed by atoms with Crippen LogP contribution in [-0.4, -0.2) is 76.8 Å². The van der Waals surface area contributed by atoms with E-state index in [1.165, 1.54) is 16.7 Å². The molecule has 16 heteroatoms. The van der Waals surface area contributed by atoms with E-state index in [4.69, 9.17) is 28.7 Å². The van der Waals surface area contributed by atoms with Crippen molar-refractivity contribution in [1.29, 1.82) is 0 Å². The third kappa shape index (κ3) is 12.2. The summed E-state index contributed by atoms with van der Waals surface area (Å²) >= 11 is 0. The van der Waals surface area contributed by atoms with Crippen LogP contribution in [0.25, 0.3) is 11.0 Å². The number of nitrogens with two attached hydrogens (primary N) is 5. The number of carbonyl (C=O) groups excluding carboxylic acids is 4. The summed E-state index contributed by atoms with van der Waals surface area (Å²) < 4.78 is 2.10. The highest BCUT2D eigenvalue weighted by Gasteiger charge is 2.26. The van der Waals surface area contributed by atoms with Gasteiger partial charge in [-0.15, -0.1) is 0 Å². The Balaban J connectivity index is 1.86. The maximum absolute atomic E-state index is 13.1. The second kappa shape index (κ2) is 19.9. The molecule has 0 spiro atoms. The highest BCUT2D eigenvalue weighted by Crippen LogP contribution is 2.31. The van der Waals surface area contributed by atoms with Crippen LogP contribution in [0.3, 0.4) is 0 Å². The molecule has 1 aromatic heterocycles. The first kappa shape index (κ1) is 41.3. The van der Waals surface area contributed by atoms with E-state index in [1.54, 1.807) is 0 Å². The lowest BCUT2D eigenvalue weighted by atomic mass is 9.96. The molecule has 50 heavy (non-hydrogen) atoms. The van der Waals surface area contributed by atoms with Gasteiger partial charge in [0.05, 0.1) is 23.3 Å². The fraction of sp³-hybridized carbons (Fsp3) is 0.618. The molecule has 0 saturated heterocycles. The summed E-state index contributed by atoms with van der Waals surface area (Å²) in [6.07, 6.45) is 5.24. The number of imidazole rings is 1. The Kier molecular flexibility index (Phi) is 16.5. The van der Waals surface area contributed by atoms with Crippen LogP contribution in [0.15, 0.2) is 16.3 Å². The van der Waals surface area contributed by atoms with Crippen LogP contribution >= 0.6 is 0 Å². The molecule has 2 aromatic rings. The van der Waals surface area contributed by atoms with Crippen molar-refractivity contribution in [1.82, 2.24) is 25.5 Å². The fourth-order valence-electron chi connectivity index (χ4n) is 5.75. The van der Waals surface area contributed by atoms with Gasteiger partial charge in [-0.3, -0.25) is 29.2 Å². The SMILES string of the molecule is Cc1c(C)c(C)c2c(ncn2C(C)C(C)C(=O)NCCCCCC(=O)NC(CCCN=C(N)N)C(=O)NC(CCCN=C(N)N)C(N)=O)c1C. The monoisotopic (exact) mass is 698 g/mol. The van der Waals surface area contributed by atoms with E-state index in [-0.39, 0.29) is 68.0 Å². The van der Waals surface area contributed by atoms with Gasteiger partial charge in [-0.05, 0) is 95.4 Å². The Morgan fingerprint density at radius 3 is 1.90 bits per heavy atom. The third-order valence-electron chi connectivity index (χ3n) is 9.35. The van der Waals surface area contributed by atoms with E-state index < -0.39 is 23.9 Å². The minimum Gasteiger partial charge on any atom is -0.370 e. The van der Waals surface area contributed by atoms with Crippen LogP contribution in [0.1, 0.15) is 93.5 Å². The van der Waals surface area contributed by atoms with Crippen LogP contribution in [0.2, 0.25) is 0 Å². The molecule has 0 aliphatic carbocycles. The van der Waals surface area contributed by atoms with Crippen molar-refractivity contribution in [3.05, 3.63) is 28.6 Å². The van der Waals surface area contributed by atoms with Crippen molar-refractivity contribution < 1.29 is 19.2 Å². The zero-order valence-electron chi connectivity index (χ0n) is 30.5. The summed E-state index contributed by atoms with van der Waals surface area (Å²) in [5.74, 6) is -2.06. The Hall–Kier alpha value is -4.89. The van der Waals surface area contributed by atoms with E-state index in [0.717, 1.165) is 16.6 Å². The topological polar surface area (TPSA) is 277 Å². The highest BCUT2D eigenvalue weighted by atomic mass is 16.2. The van der Waals surface area contributed by atoms with E-state index in [0.29, 0.717) is 38.6 Å². The lowest BCUT2D eigenvalue weighted by Crippen LogP contribution is -2.53. The van der Waals surface area contributed by atoms with Gasteiger partial charge in [0.1, 0.15) is 12.1 Å². The van der Waals surface area contributed by atoms with Crippen LogP contribution in [0, 0.1) is 33.6 Å². The number of primary amides is 1. The first-order valence-electron chi connectivity index (χ1n) is 17.3. The quantitative estimate of drug-likeness (QED) is 0.0517. The predicted octanol–water partition coefficient (Wildman–Crippen LogP) is 0.706. The van der Waals surface area contributed by atoms with Gasteiger partial charge >= 0.3 is 0 Å². The summed E-state index contributed by atoms with van der Waals surface area (Å²) in [4.78, 5) is 63.5. The smallest absolute Gasteiger partial charge is 0.243 e. The van der Waals surface area contributed by atoms with Crippen LogP contribution in [0.4, 0.5) is 0 Å². The minimum atomic E-state index is -0.962. The lowest BCUT2D eigenvalue weighted by Gasteiger charge is -2.23. The highest BCUT2D eigenvalue weighted by molar-refractivity contribution is 5.91. The number of fused-ring (bicyclic) bond motifs is 1. The second-order valence-electron chi connectivity index (χ2n) is 13.0. The third-order valence-corrected chi connectivity index (χ3v) is 9.35. The standard InChI is InChI=1S/C34H58N12O4/c1-19-20(2)22(4)29-28(21(19)3)43-18-46(29)24(6)23(5)31(49)40-15-9-7-8-14-27(47)44-26(13-11-17-42-34(38)39)32(50)45-25(30(35)48)12-10-16-41-33(36)37/h18,23-26H,7-17H2,1-6H3,(H2,35,48)(H,40,49)(H,44,47)(H,45,50)(H4,36,37,41)(H4,38,39,42). The maximum atomic E-state index is 13.1. The van der Waals surface area contributed by atoms with Gasteiger partial charge in [0.25, 0.3) is 0 Å². The van der Waals surface area contributed by atoms with E-state index >= 15 is 0 Å². The molecule has 0 aliphatic heterocycles. The number of carbonyl (C=O) groups is 4. The number of aromatic nitrogens is 2. The minimum absolute atomic E-state index is 0.0459. The molecule has 4 amide bonds. The molecule has 0 saturated carbocycles. The molecular weight excluding hydrogens is 640 g/mol. The average Bonchev–Trinajstić information content (AvgIpc) is 3.51. The number of aliphatic imine (C=N–C) groups is 2. The normalized spacial score (nSPS) is 13.5. The average molecular weight is 699 g/mol. The van der Waals surface area contributed by atoms with Crippen molar-refractivity contribution >= 4 is 46.6 Å². The van der Waals surface area contributed by atoms with Gasteiger partial charge in [-0.2, -0.15) is 0 Å². The van der Waals surface area contributed by atoms with Crippen molar-refractivity contribution in [3.8, 4) is 0 Å². The number of nitrogens with zero attached hydrogens (tertiary/aromatic N) is 4. The molecule has 2 rings (SSSR count). The fourth-order valence-corrected chi connectivity index (χ4v) is 5.75. The zero-order chi connectivity index (χ0) is 37.5. The van der Waals surface area contributed by atoms with Crippen molar-refractivity contribution in [3.63, 3.8) is 0 Å². The Bertz CT molecular complexity index is 1540. The van der Waals surface area contributed by atoms with Gasteiger partial charge in [-0.25, -0.2) is 4.98 Å². The van der Waals surface area contributed by atoms with Gasteiger partial charge < -0.3 is 49.2 Å². The number of benzene rings is 1. The van der Waals surface area contributed by atoms with Gasteiger partial charge in [0.15, 0.2) is 11.9 Å². The molecule has 1 heterocycles. The summed E-state index contributed by atoms with van der Waals surface area (Å²) in [5, 5.41) is 8.42. The van der Waals surface area contributed by atoms with Crippen molar-refractivity contribution in [2.45, 2.75) is 111 Å². The molecule has 278 valence electrons. The Labute approximate surface area is 294 Å². The number of hydrogen-bond donors (Lipinski definition) is 8. The largest absolute Gasteiger partial charge is 0.370 e. The predicted molar refractivity (Wildman–Crippen MR) is 197 cm³/mol. The number of nitrogens with one attached hydrogen (secondary N) is 3. The number of hydrogen-bond acceptors (Lipinski definition) is 7. The molecule has 4 unspecified atom stereocenters. The van der Waals surface area contributed by atoms with Gasteiger partial charge in [0, 0.05) is 32.1 Å². The summed E-state index contributed by atoms with van der Waals surface area (Å²) in [6, 6.07) is -1.99. The molecule has 4 atom stereocenters. The number of amides is 4. The molecule has 0 fully saturated rings. The van der Waals surface area contributed by atoms with Crippen molar-refractivity contribution in [2.24, 2.45) is 44.6 Å². The maximum Gasteiger partial charge on any atom is 0.243 e. The molecule has 16 nitrogen and oxygen atoms in total. The van der Waals surface area contributed by atoms with Gasteiger partial charge in [-0.1, -0.05) is 13.3 Å². The first-order valence-corrected chi connectivity index (χ1v) is 17.3. The van der Waals surface area contributed by atoms with Crippen LogP contribution in [-0.2, 0) is 19.2 Å². The molecule has 0 aliphatic rings. The molecule has 0 bridgehead atoms. The number of aryl methyl sites for hydroxylation is 2. The van der Waals surface area contributed by atoms with Crippen LogP contribution < -0.4 is 44.6 Å². The van der Waals surface area contributed by atoms with E-state index in [9.17, 15) is 19.2 Å². The molecule has 13 N–H and O–H groups in total. The van der Waals surface area contributed by atoms with E-state index in [2.05, 4.69) is 63.2 Å². The number of guanidine groups is 2. The second-order valence-corrected chi connectivity index (χ2v) is 13.0. The van der Waals surface area contributed by atoms with Crippen molar-refractivity contribution in [2.75, 3.05) is 19.6 Å². The Morgan fingerprint density at radius 1 is 0.740 bits per heavy atom. The molecule has 0 radical (unpaired) electrons. The summed E-state index contributed by atoms with van der Waals surface area (Å²) in [7, 11) is 0. The first-order chi connectivity index (χ1) is 23.6. The van der Waals surface area contributed by atoms with Gasteiger partial charge in [0.2, 0.25) is 23.6 Å². The van der Waals surface area contributed by atoms with E-state index in [1.807, 2.05) is 20.2 Å². The summed E-state index contributed by atoms with van der Waals surface area (Å²) in [5.41, 5.74) is 33.8. The molecule has 1 aromatic carbocycles. The Morgan fingerprint density at radius 2 is 1.32 bits per heavy atom. The summed E-state index contributed by atoms with van der Waals surface area (Å²) in [6.45, 7) is 13.4. The van der Waals surface area contributed by atoms with Crippen LogP contribution in [0.5, 0.6) is 0 Å². The zero-order valence-corrected chi connectivity index (χ0v) is 30.5. The molecular formula is C34H58N12O4. The number of unbranched alkanes of at least 4 members (excludes halogenated alkanes) is 2. The lowest BCUT2D eigenvalue weighted by molar-refractivity contribution is -0.131. The number of rotatable bonds is 21.